The minimum atomic E-state index is 0.288. The molecule has 2 N–H and O–H groups in total. The molecule has 1 aromatic heterocycles. The van der Waals surface area contributed by atoms with E-state index in [1.54, 1.807) is 0 Å². The minimum absolute atomic E-state index is 0.288. The van der Waals surface area contributed by atoms with E-state index in [0.717, 1.165) is 28.1 Å². The number of aromatic nitrogens is 1. The zero-order chi connectivity index (χ0) is 13.0. The van der Waals surface area contributed by atoms with Gasteiger partial charge >= 0.3 is 0 Å². The number of rotatable bonds is 2. The maximum Gasteiger partial charge on any atom is 0.135 e. The lowest BCUT2D eigenvalue weighted by Gasteiger charge is -2.16. The molecule has 0 amide bonds. The lowest BCUT2D eigenvalue weighted by Crippen LogP contribution is -2.28. The molecule has 96 valence electrons. The summed E-state index contributed by atoms with van der Waals surface area (Å²) in [5.41, 5.74) is 1.55. The third kappa shape index (κ3) is 1.65. The van der Waals surface area contributed by atoms with E-state index in [2.05, 4.69) is 4.98 Å². The van der Waals surface area contributed by atoms with Gasteiger partial charge in [0.15, 0.2) is 0 Å². The van der Waals surface area contributed by atoms with Crippen LogP contribution in [0.5, 0.6) is 0 Å². The van der Waals surface area contributed by atoms with Gasteiger partial charge in [-0.05, 0) is 25.0 Å². The van der Waals surface area contributed by atoms with Gasteiger partial charge in [0.2, 0.25) is 0 Å². The maximum absolute atomic E-state index is 10.1. The van der Waals surface area contributed by atoms with Crippen molar-refractivity contribution >= 4 is 33.0 Å². The number of aliphatic hydroxyl groups excluding tert-OH is 1. The molecule has 0 radical (unpaired) electrons. The van der Waals surface area contributed by atoms with E-state index in [4.69, 9.17) is 5.41 Å². The van der Waals surface area contributed by atoms with Crippen molar-refractivity contribution < 1.29 is 5.11 Å². The highest BCUT2D eigenvalue weighted by Crippen LogP contribution is 2.38. The number of amidine groups is 1. The van der Waals surface area contributed by atoms with Gasteiger partial charge in [-0.25, -0.2) is 4.98 Å². The molecule has 1 aliphatic heterocycles. The highest BCUT2D eigenvalue weighted by molar-refractivity contribution is 7.19. The fourth-order valence-corrected chi connectivity index (χ4v) is 3.54. The first kappa shape index (κ1) is 11.0. The molecule has 1 aromatic carbocycles. The van der Waals surface area contributed by atoms with Crippen molar-refractivity contribution in [1.29, 1.82) is 5.41 Å². The summed E-state index contributed by atoms with van der Waals surface area (Å²) in [5.74, 6) is 0.718. The van der Waals surface area contributed by atoms with Crippen LogP contribution >= 0.6 is 11.3 Å². The lowest BCUT2D eigenvalue weighted by atomic mass is 10.2. The zero-order valence-corrected chi connectivity index (χ0v) is 11.1. The first-order valence-electron chi connectivity index (χ1n) is 6.37. The maximum atomic E-state index is 10.1. The molecule has 4 nitrogen and oxygen atoms in total. The summed E-state index contributed by atoms with van der Waals surface area (Å²) in [6.07, 6.45) is 2.26. The Labute approximate surface area is 114 Å². The smallest absolute Gasteiger partial charge is 0.135 e. The van der Waals surface area contributed by atoms with Crippen LogP contribution in [0.2, 0.25) is 0 Å². The summed E-state index contributed by atoms with van der Waals surface area (Å²) in [5, 5.41) is 19.2. The summed E-state index contributed by atoms with van der Waals surface area (Å²) in [6, 6.07) is 8.36. The van der Waals surface area contributed by atoms with E-state index >= 15 is 0 Å². The highest BCUT2D eigenvalue weighted by atomic mass is 32.1. The Balaban J connectivity index is 1.78. The molecular weight excluding hydrogens is 258 g/mol. The van der Waals surface area contributed by atoms with Crippen LogP contribution in [0.15, 0.2) is 30.0 Å². The van der Waals surface area contributed by atoms with Crippen LogP contribution in [-0.4, -0.2) is 33.4 Å². The van der Waals surface area contributed by atoms with Gasteiger partial charge in [-0.1, -0.05) is 12.1 Å². The summed E-state index contributed by atoms with van der Waals surface area (Å²) in [7, 11) is 0. The summed E-state index contributed by atoms with van der Waals surface area (Å²) in [4.78, 5) is 6.53. The molecule has 0 saturated heterocycles. The minimum Gasteiger partial charge on any atom is -0.510 e. The molecule has 0 unspecified atom stereocenters. The quantitative estimate of drug-likeness (QED) is 0.882. The Hall–Kier alpha value is -1.88. The molecule has 1 aliphatic carbocycles. The predicted octanol–water partition coefficient (Wildman–Crippen LogP) is 3.02. The number of thiazole rings is 1. The van der Waals surface area contributed by atoms with Gasteiger partial charge in [0.05, 0.1) is 22.3 Å². The Bertz CT molecular complexity index is 681. The summed E-state index contributed by atoms with van der Waals surface area (Å²) in [6.45, 7) is 0.467. The van der Waals surface area contributed by atoms with Crippen LogP contribution in [0.4, 0.5) is 0 Å². The molecule has 2 heterocycles. The van der Waals surface area contributed by atoms with Gasteiger partial charge in [-0.3, -0.25) is 5.41 Å². The average Bonchev–Trinajstić information content (AvgIpc) is 3.08. The number of fused-ring (bicyclic) bond motifs is 1. The van der Waals surface area contributed by atoms with E-state index in [9.17, 15) is 5.11 Å². The van der Waals surface area contributed by atoms with Crippen LogP contribution in [0.1, 0.15) is 17.8 Å². The predicted molar refractivity (Wildman–Crippen MR) is 76.6 cm³/mol. The van der Waals surface area contributed by atoms with Crippen LogP contribution in [-0.2, 0) is 0 Å². The number of nitrogens with one attached hydrogen (secondary N) is 1. The molecule has 4 rings (SSSR count). The third-order valence-corrected chi connectivity index (χ3v) is 4.68. The van der Waals surface area contributed by atoms with Crippen molar-refractivity contribution in [2.45, 2.75) is 18.9 Å². The van der Waals surface area contributed by atoms with Gasteiger partial charge in [0, 0.05) is 6.04 Å². The number of benzene rings is 1. The molecule has 0 spiro atoms. The molecule has 0 atom stereocenters. The van der Waals surface area contributed by atoms with Gasteiger partial charge in [0.1, 0.15) is 16.6 Å². The largest absolute Gasteiger partial charge is 0.510 e. The highest BCUT2D eigenvalue weighted by Gasteiger charge is 2.39. The molecule has 0 bridgehead atoms. The van der Waals surface area contributed by atoms with E-state index < -0.39 is 0 Å². The van der Waals surface area contributed by atoms with Crippen molar-refractivity contribution in [2.75, 3.05) is 6.54 Å². The Morgan fingerprint density at radius 2 is 2.11 bits per heavy atom. The Morgan fingerprint density at radius 1 is 1.32 bits per heavy atom. The Morgan fingerprint density at radius 3 is 2.84 bits per heavy atom. The van der Waals surface area contributed by atoms with Gasteiger partial charge < -0.3 is 10.0 Å². The van der Waals surface area contributed by atoms with Crippen molar-refractivity contribution in [2.24, 2.45) is 0 Å². The number of aliphatic hydroxyl groups is 1. The number of hydrogen-bond acceptors (Lipinski definition) is 4. The molecule has 1 saturated carbocycles. The van der Waals surface area contributed by atoms with Gasteiger partial charge in [0.25, 0.3) is 0 Å². The standard InChI is InChI=1S/C14H13N3OS/c15-13-12(10(18)7-17(13)8-5-6-8)14-16-9-3-1-2-4-11(9)19-14/h1-4,8,15,18H,5-7H2. The van der Waals surface area contributed by atoms with Crippen molar-refractivity contribution in [3.63, 3.8) is 0 Å². The van der Waals surface area contributed by atoms with E-state index in [0.29, 0.717) is 24.0 Å². The first-order valence-corrected chi connectivity index (χ1v) is 7.19. The van der Waals surface area contributed by atoms with Gasteiger partial charge in [-0.15, -0.1) is 11.3 Å². The fraction of sp³-hybridized carbons (Fsp3) is 0.286. The fourth-order valence-electron chi connectivity index (χ4n) is 2.50. The zero-order valence-electron chi connectivity index (χ0n) is 10.3. The van der Waals surface area contributed by atoms with Gasteiger partial charge in [-0.2, -0.15) is 0 Å². The second-order valence-electron chi connectivity index (χ2n) is 5.02. The SMILES string of the molecule is N=C1C(c2nc3ccccc3s2)=C(O)CN1C1CC1. The molecular formula is C14H13N3OS. The second kappa shape index (κ2) is 3.81. The Kier molecular flexibility index (Phi) is 2.20. The third-order valence-electron chi connectivity index (χ3n) is 3.63. The lowest BCUT2D eigenvalue weighted by molar-refractivity contribution is 0.345. The van der Waals surface area contributed by atoms with E-state index in [1.807, 2.05) is 29.2 Å². The van der Waals surface area contributed by atoms with Crippen molar-refractivity contribution in [1.82, 2.24) is 9.88 Å². The van der Waals surface area contributed by atoms with E-state index in [-0.39, 0.29) is 5.76 Å². The van der Waals surface area contributed by atoms with Crippen LogP contribution < -0.4 is 0 Å². The van der Waals surface area contributed by atoms with Crippen molar-refractivity contribution in [3.8, 4) is 0 Å². The second-order valence-corrected chi connectivity index (χ2v) is 6.05. The molecule has 2 aromatic rings. The molecule has 19 heavy (non-hydrogen) atoms. The normalized spacial score (nSPS) is 19.8. The number of nitrogens with zero attached hydrogens (tertiary/aromatic N) is 2. The van der Waals surface area contributed by atoms with Crippen LogP contribution in [0.25, 0.3) is 15.8 Å². The summed E-state index contributed by atoms with van der Waals surface area (Å²) >= 11 is 1.54. The number of hydrogen-bond donors (Lipinski definition) is 2. The van der Waals surface area contributed by atoms with Crippen LogP contribution in [0.3, 0.4) is 0 Å². The first-order chi connectivity index (χ1) is 9.24. The molecule has 5 heteroatoms. The summed E-state index contributed by atoms with van der Waals surface area (Å²) < 4.78 is 1.09. The number of para-hydroxylation sites is 1. The van der Waals surface area contributed by atoms with Crippen molar-refractivity contribution in [3.05, 3.63) is 35.0 Å². The van der Waals surface area contributed by atoms with Crippen LogP contribution in [0, 0.1) is 5.41 Å². The topological polar surface area (TPSA) is 60.2 Å². The molecule has 1 fully saturated rings. The molecule has 2 aliphatic rings. The van der Waals surface area contributed by atoms with E-state index in [1.165, 1.54) is 11.3 Å². The average molecular weight is 271 g/mol. The monoisotopic (exact) mass is 271 g/mol.